The predicted molar refractivity (Wildman–Crippen MR) is 75.8 cm³/mol. The highest BCUT2D eigenvalue weighted by Crippen LogP contribution is 2.22. The second kappa shape index (κ2) is 5.87. The Kier molecular flexibility index (Phi) is 4.19. The molecule has 1 amide bonds. The molecule has 0 bridgehead atoms. The number of aromatic nitrogens is 2. The molecule has 20 heavy (non-hydrogen) atoms. The molecular formula is C13H15N3O3S. The van der Waals surface area contributed by atoms with Gasteiger partial charge in [0, 0.05) is 17.1 Å². The van der Waals surface area contributed by atoms with Gasteiger partial charge in [0.25, 0.3) is 5.91 Å². The fourth-order valence-corrected chi connectivity index (χ4v) is 2.37. The van der Waals surface area contributed by atoms with Crippen LogP contribution in [0.3, 0.4) is 0 Å². The molecule has 0 aliphatic heterocycles. The summed E-state index contributed by atoms with van der Waals surface area (Å²) in [5.74, 6) is -1.47. The second-order valence-corrected chi connectivity index (χ2v) is 5.39. The average Bonchev–Trinajstić information content (AvgIpc) is 3.03. The molecule has 106 valence electrons. The topological polar surface area (TPSA) is 95.1 Å². The zero-order valence-electron chi connectivity index (χ0n) is 11.1. The van der Waals surface area contributed by atoms with E-state index in [4.69, 9.17) is 5.11 Å². The Bertz CT molecular complexity index is 632. The third kappa shape index (κ3) is 3.05. The van der Waals surface area contributed by atoms with E-state index in [1.807, 2.05) is 12.3 Å². The first-order valence-electron chi connectivity index (χ1n) is 6.15. The van der Waals surface area contributed by atoms with Crippen LogP contribution >= 0.6 is 11.3 Å². The summed E-state index contributed by atoms with van der Waals surface area (Å²) in [5, 5.41) is 14.2. The van der Waals surface area contributed by atoms with Gasteiger partial charge in [-0.15, -0.1) is 11.3 Å². The number of aromatic amines is 1. The van der Waals surface area contributed by atoms with Crippen LogP contribution in [0.2, 0.25) is 0 Å². The van der Waals surface area contributed by atoms with Gasteiger partial charge in [-0.05, 0) is 19.4 Å². The van der Waals surface area contributed by atoms with Crippen LogP contribution in [-0.4, -0.2) is 33.0 Å². The third-order valence-electron chi connectivity index (χ3n) is 2.85. The maximum atomic E-state index is 11.9. The van der Waals surface area contributed by atoms with E-state index in [9.17, 15) is 9.59 Å². The van der Waals surface area contributed by atoms with Crippen molar-refractivity contribution in [1.29, 1.82) is 0 Å². The maximum absolute atomic E-state index is 11.9. The highest BCUT2D eigenvalue weighted by Gasteiger charge is 2.19. The number of hydrogen-bond donors (Lipinski definition) is 3. The lowest BCUT2D eigenvalue weighted by atomic mass is 10.2. The van der Waals surface area contributed by atoms with Crippen molar-refractivity contribution in [1.82, 2.24) is 15.3 Å². The van der Waals surface area contributed by atoms with Gasteiger partial charge < -0.3 is 15.4 Å². The van der Waals surface area contributed by atoms with Crippen molar-refractivity contribution >= 4 is 23.2 Å². The highest BCUT2D eigenvalue weighted by molar-refractivity contribution is 7.09. The maximum Gasteiger partial charge on any atom is 0.326 e. The normalized spacial score (nSPS) is 12.1. The molecule has 0 unspecified atom stereocenters. The van der Waals surface area contributed by atoms with Crippen molar-refractivity contribution in [3.63, 3.8) is 0 Å². The number of amides is 1. The van der Waals surface area contributed by atoms with Crippen LogP contribution in [0.4, 0.5) is 0 Å². The molecule has 2 heterocycles. The summed E-state index contributed by atoms with van der Waals surface area (Å²) in [6.07, 6.45) is 2.02. The number of hydrogen-bond acceptors (Lipinski definition) is 4. The van der Waals surface area contributed by atoms with Gasteiger partial charge in [0.1, 0.15) is 11.7 Å². The number of aliphatic carboxylic acids is 1. The van der Waals surface area contributed by atoms with Crippen LogP contribution in [0.5, 0.6) is 0 Å². The van der Waals surface area contributed by atoms with Crippen molar-refractivity contribution in [2.24, 2.45) is 0 Å². The zero-order valence-corrected chi connectivity index (χ0v) is 12.0. The first-order valence-corrected chi connectivity index (χ1v) is 7.03. The van der Waals surface area contributed by atoms with Gasteiger partial charge in [-0.3, -0.25) is 4.79 Å². The first kappa shape index (κ1) is 14.3. The van der Waals surface area contributed by atoms with E-state index in [1.54, 1.807) is 19.2 Å². The summed E-state index contributed by atoms with van der Waals surface area (Å²) in [5.41, 5.74) is 1.93. The molecule has 6 nitrogen and oxygen atoms in total. The van der Waals surface area contributed by atoms with E-state index in [0.29, 0.717) is 12.1 Å². The van der Waals surface area contributed by atoms with Crippen LogP contribution in [0, 0.1) is 6.92 Å². The zero-order chi connectivity index (χ0) is 14.7. The van der Waals surface area contributed by atoms with E-state index < -0.39 is 17.9 Å². The van der Waals surface area contributed by atoms with Gasteiger partial charge in [0.05, 0.1) is 10.7 Å². The highest BCUT2D eigenvalue weighted by atomic mass is 32.1. The molecule has 1 atom stereocenters. The summed E-state index contributed by atoms with van der Waals surface area (Å²) in [7, 11) is 0. The lowest BCUT2D eigenvalue weighted by Gasteiger charge is -2.10. The largest absolute Gasteiger partial charge is 0.480 e. The van der Waals surface area contributed by atoms with Gasteiger partial charge in [-0.25, -0.2) is 9.78 Å². The van der Waals surface area contributed by atoms with E-state index >= 15 is 0 Å². The number of thiazole rings is 1. The minimum Gasteiger partial charge on any atom is -0.480 e. The Hall–Kier alpha value is -2.15. The quantitative estimate of drug-likeness (QED) is 0.786. The van der Waals surface area contributed by atoms with Gasteiger partial charge >= 0.3 is 5.97 Å². The monoisotopic (exact) mass is 293 g/mol. The molecule has 0 aliphatic rings. The van der Waals surface area contributed by atoms with Crippen LogP contribution in [0.25, 0.3) is 11.3 Å². The van der Waals surface area contributed by atoms with E-state index in [0.717, 1.165) is 16.3 Å². The molecule has 0 saturated heterocycles. The number of nitrogens with zero attached hydrogens (tertiary/aromatic N) is 1. The second-order valence-electron chi connectivity index (χ2n) is 4.33. The third-order valence-corrected chi connectivity index (χ3v) is 3.63. The Balaban J connectivity index is 2.12. The summed E-state index contributed by atoms with van der Waals surface area (Å²) in [6, 6.07) is 0.786. The molecule has 0 saturated carbocycles. The minimum absolute atomic E-state index is 0.324. The predicted octanol–water partition coefficient (Wildman–Crippen LogP) is 2.04. The Morgan fingerprint density at radius 3 is 2.85 bits per heavy atom. The molecule has 2 aromatic rings. The van der Waals surface area contributed by atoms with Crippen LogP contribution < -0.4 is 5.32 Å². The number of carboxylic acids is 1. The summed E-state index contributed by atoms with van der Waals surface area (Å²) < 4.78 is 0. The van der Waals surface area contributed by atoms with Gasteiger partial charge in [0.15, 0.2) is 0 Å². The molecule has 0 spiro atoms. The van der Waals surface area contributed by atoms with Crippen molar-refractivity contribution in [2.45, 2.75) is 26.3 Å². The SMILES string of the molecule is CC[C@H](NC(=O)c1cc(-c2csc(C)n2)c[nH]1)C(=O)O. The Morgan fingerprint density at radius 2 is 2.30 bits per heavy atom. The van der Waals surface area contributed by atoms with E-state index in [2.05, 4.69) is 15.3 Å². The number of carbonyl (C=O) groups is 2. The molecule has 2 aromatic heterocycles. The smallest absolute Gasteiger partial charge is 0.326 e. The Morgan fingerprint density at radius 1 is 1.55 bits per heavy atom. The molecule has 0 aromatic carbocycles. The summed E-state index contributed by atoms with van der Waals surface area (Å²) in [6.45, 7) is 3.62. The van der Waals surface area contributed by atoms with Crippen LogP contribution in [0.1, 0.15) is 28.8 Å². The van der Waals surface area contributed by atoms with E-state index in [-0.39, 0.29) is 0 Å². The molecular weight excluding hydrogens is 278 g/mol. The number of carbonyl (C=O) groups excluding carboxylic acids is 1. The lowest BCUT2D eigenvalue weighted by molar-refractivity contribution is -0.139. The molecule has 2 rings (SSSR count). The average molecular weight is 293 g/mol. The van der Waals surface area contributed by atoms with Crippen molar-refractivity contribution in [3.05, 3.63) is 28.3 Å². The molecule has 0 fully saturated rings. The van der Waals surface area contributed by atoms with Crippen molar-refractivity contribution in [2.75, 3.05) is 0 Å². The molecule has 7 heteroatoms. The molecule has 3 N–H and O–H groups in total. The Labute approximate surface area is 119 Å². The first-order chi connectivity index (χ1) is 9.51. The van der Waals surface area contributed by atoms with Gasteiger partial charge in [-0.2, -0.15) is 0 Å². The van der Waals surface area contributed by atoms with Crippen molar-refractivity contribution < 1.29 is 14.7 Å². The fraction of sp³-hybridized carbons (Fsp3) is 0.308. The number of rotatable bonds is 5. The summed E-state index contributed by atoms with van der Waals surface area (Å²) >= 11 is 1.53. The van der Waals surface area contributed by atoms with Crippen molar-refractivity contribution in [3.8, 4) is 11.3 Å². The fourth-order valence-electron chi connectivity index (χ4n) is 1.74. The number of aryl methyl sites for hydroxylation is 1. The minimum atomic E-state index is -1.04. The molecule has 0 aliphatic carbocycles. The lowest BCUT2D eigenvalue weighted by Crippen LogP contribution is -2.40. The van der Waals surface area contributed by atoms with Crippen LogP contribution in [0.15, 0.2) is 17.6 Å². The summed E-state index contributed by atoms with van der Waals surface area (Å²) in [4.78, 5) is 30.0. The molecule has 0 radical (unpaired) electrons. The van der Waals surface area contributed by atoms with Gasteiger partial charge in [0.2, 0.25) is 0 Å². The van der Waals surface area contributed by atoms with Crippen LogP contribution in [-0.2, 0) is 4.79 Å². The van der Waals surface area contributed by atoms with Gasteiger partial charge in [-0.1, -0.05) is 6.92 Å². The number of nitrogens with one attached hydrogen (secondary N) is 2. The number of H-pyrrole nitrogens is 1. The standard InChI is InChI=1S/C13H15N3O3S/c1-3-9(13(18)19)16-12(17)10-4-8(5-14-10)11-6-20-7(2)15-11/h4-6,9,14H,3H2,1-2H3,(H,16,17)(H,18,19)/t9-/m0/s1. The number of carboxylic acid groups (broad SMARTS) is 1. The van der Waals surface area contributed by atoms with E-state index in [1.165, 1.54) is 11.3 Å².